The smallest absolute Gasteiger partial charge is 0.140 e. The van der Waals surface area contributed by atoms with Gasteiger partial charge in [0.25, 0.3) is 0 Å². The van der Waals surface area contributed by atoms with Crippen LogP contribution in [-0.4, -0.2) is 35.6 Å². The highest BCUT2D eigenvalue weighted by Gasteiger charge is 2.12. The molecule has 4 nitrogen and oxygen atoms in total. The Hall–Kier alpha value is -0.770. The summed E-state index contributed by atoms with van der Waals surface area (Å²) in [6, 6.07) is 0. The highest BCUT2D eigenvalue weighted by molar-refractivity contribution is 5.79. The van der Waals surface area contributed by atoms with Crippen molar-refractivity contribution in [1.82, 2.24) is 4.90 Å². The van der Waals surface area contributed by atoms with Gasteiger partial charge in [0.15, 0.2) is 0 Å². The summed E-state index contributed by atoms with van der Waals surface area (Å²) in [5.74, 6) is 0.964. The van der Waals surface area contributed by atoms with Crippen molar-refractivity contribution in [2.75, 3.05) is 19.6 Å². The van der Waals surface area contributed by atoms with Gasteiger partial charge in [-0.2, -0.15) is 0 Å². The average molecular weight is 257 g/mol. The van der Waals surface area contributed by atoms with Gasteiger partial charge in [-0.1, -0.05) is 39.8 Å². The molecule has 0 atom stereocenters. The predicted molar refractivity (Wildman–Crippen MR) is 78.0 cm³/mol. The first-order valence-electron chi connectivity index (χ1n) is 6.93. The maximum absolute atomic E-state index is 8.56. The van der Waals surface area contributed by atoms with Gasteiger partial charge in [0.05, 0.1) is 0 Å². The van der Waals surface area contributed by atoms with Gasteiger partial charge in [-0.05, 0) is 30.7 Å². The molecule has 0 amide bonds. The largest absolute Gasteiger partial charge is 0.409 e. The second kappa shape index (κ2) is 8.35. The fourth-order valence-corrected chi connectivity index (χ4v) is 1.97. The van der Waals surface area contributed by atoms with Crippen molar-refractivity contribution < 1.29 is 5.21 Å². The summed E-state index contributed by atoms with van der Waals surface area (Å²) in [5, 5.41) is 11.6. The quantitative estimate of drug-likeness (QED) is 0.304. The lowest BCUT2D eigenvalue weighted by atomic mass is 9.90. The van der Waals surface area contributed by atoms with Crippen LogP contribution in [0.1, 0.15) is 53.9 Å². The molecule has 0 bridgehead atoms. The van der Waals surface area contributed by atoms with E-state index in [0.717, 1.165) is 19.6 Å². The standard InChI is InChI=1S/C14H31N3O/c1-12(2)11-17(10-7-13(15)16-18)9-6-8-14(3,4)5/h12,18H,6-11H2,1-5H3,(H2,15,16). The summed E-state index contributed by atoms with van der Waals surface area (Å²) < 4.78 is 0. The molecule has 0 aliphatic rings. The fourth-order valence-electron chi connectivity index (χ4n) is 1.97. The summed E-state index contributed by atoms with van der Waals surface area (Å²) in [6.45, 7) is 14.3. The Labute approximate surface area is 112 Å². The van der Waals surface area contributed by atoms with Gasteiger partial charge in [-0.25, -0.2) is 0 Å². The monoisotopic (exact) mass is 257 g/mol. The van der Waals surface area contributed by atoms with Crippen LogP contribution in [-0.2, 0) is 0 Å². The Morgan fingerprint density at radius 3 is 2.33 bits per heavy atom. The van der Waals surface area contributed by atoms with E-state index >= 15 is 0 Å². The van der Waals surface area contributed by atoms with Crippen LogP contribution in [0.2, 0.25) is 0 Å². The van der Waals surface area contributed by atoms with Crippen molar-refractivity contribution in [3.05, 3.63) is 0 Å². The Morgan fingerprint density at radius 1 is 1.28 bits per heavy atom. The zero-order valence-corrected chi connectivity index (χ0v) is 12.7. The molecule has 0 fully saturated rings. The predicted octanol–water partition coefficient (Wildman–Crippen LogP) is 2.91. The molecule has 0 spiro atoms. The molecule has 0 heterocycles. The van der Waals surface area contributed by atoms with E-state index in [-0.39, 0.29) is 0 Å². The van der Waals surface area contributed by atoms with Gasteiger partial charge in [0, 0.05) is 19.5 Å². The van der Waals surface area contributed by atoms with Gasteiger partial charge in [0.2, 0.25) is 0 Å². The number of nitrogens with zero attached hydrogens (tertiary/aromatic N) is 2. The maximum Gasteiger partial charge on any atom is 0.140 e. The molecule has 0 radical (unpaired) electrons. The topological polar surface area (TPSA) is 61.8 Å². The summed E-state index contributed by atoms with van der Waals surface area (Å²) >= 11 is 0. The van der Waals surface area contributed by atoms with Crippen molar-refractivity contribution in [1.29, 1.82) is 0 Å². The zero-order valence-electron chi connectivity index (χ0n) is 12.7. The summed E-state index contributed by atoms with van der Waals surface area (Å²) in [5.41, 5.74) is 5.92. The van der Waals surface area contributed by atoms with E-state index in [0.29, 0.717) is 23.6 Å². The molecule has 0 rings (SSSR count). The van der Waals surface area contributed by atoms with Crippen LogP contribution in [0.25, 0.3) is 0 Å². The maximum atomic E-state index is 8.56. The van der Waals surface area contributed by atoms with E-state index in [1.54, 1.807) is 0 Å². The highest BCUT2D eigenvalue weighted by atomic mass is 16.4. The third kappa shape index (κ3) is 10.4. The molecular formula is C14H31N3O. The van der Waals surface area contributed by atoms with Gasteiger partial charge < -0.3 is 15.8 Å². The number of rotatable bonds is 8. The second-order valence-electron chi connectivity index (χ2n) is 6.70. The van der Waals surface area contributed by atoms with Crippen LogP contribution in [0.5, 0.6) is 0 Å². The Bertz CT molecular complexity index is 244. The van der Waals surface area contributed by atoms with Crippen molar-refractivity contribution in [2.45, 2.75) is 53.9 Å². The third-order valence-corrected chi connectivity index (χ3v) is 2.84. The summed E-state index contributed by atoms with van der Waals surface area (Å²) in [6.07, 6.45) is 3.07. The molecule has 0 aromatic rings. The SMILES string of the molecule is CC(C)CN(CCCC(C)(C)C)CCC(N)=NO. The minimum atomic E-state index is 0.319. The van der Waals surface area contributed by atoms with E-state index < -0.39 is 0 Å². The first kappa shape index (κ1) is 17.2. The lowest BCUT2D eigenvalue weighted by Gasteiger charge is -2.26. The Morgan fingerprint density at radius 2 is 1.89 bits per heavy atom. The molecule has 0 aromatic heterocycles. The van der Waals surface area contributed by atoms with Crippen molar-refractivity contribution >= 4 is 5.84 Å². The van der Waals surface area contributed by atoms with E-state index in [9.17, 15) is 0 Å². The average Bonchev–Trinajstić information content (AvgIpc) is 2.22. The third-order valence-electron chi connectivity index (χ3n) is 2.84. The highest BCUT2D eigenvalue weighted by Crippen LogP contribution is 2.20. The second-order valence-corrected chi connectivity index (χ2v) is 6.70. The lowest BCUT2D eigenvalue weighted by molar-refractivity contribution is 0.229. The minimum Gasteiger partial charge on any atom is -0.409 e. The molecule has 0 saturated carbocycles. The van der Waals surface area contributed by atoms with Gasteiger partial charge in [-0.15, -0.1) is 0 Å². The Balaban J connectivity index is 4.07. The van der Waals surface area contributed by atoms with Crippen LogP contribution in [0.15, 0.2) is 5.16 Å². The molecule has 4 heteroatoms. The summed E-state index contributed by atoms with van der Waals surface area (Å²) in [4.78, 5) is 2.41. The number of oxime groups is 1. The number of hydrogen-bond acceptors (Lipinski definition) is 3. The summed E-state index contributed by atoms with van der Waals surface area (Å²) in [7, 11) is 0. The molecule has 0 aromatic carbocycles. The zero-order chi connectivity index (χ0) is 14.2. The van der Waals surface area contributed by atoms with E-state index in [2.05, 4.69) is 44.7 Å². The van der Waals surface area contributed by atoms with Crippen LogP contribution in [0.4, 0.5) is 0 Å². The molecule has 108 valence electrons. The van der Waals surface area contributed by atoms with Gasteiger partial charge in [-0.3, -0.25) is 0 Å². The molecule has 0 saturated heterocycles. The van der Waals surface area contributed by atoms with Crippen molar-refractivity contribution in [3.63, 3.8) is 0 Å². The van der Waals surface area contributed by atoms with E-state index in [1.807, 2.05) is 0 Å². The molecule has 18 heavy (non-hydrogen) atoms. The van der Waals surface area contributed by atoms with E-state index in [4.69, 9.17) is 10.9 Å². The van der Waals surface area contributed by atoms with E-state index in [1.165, 1.54) is 12.8 Å². The number of hydrogen-bond donors (Lipinski definition) is 2. The van der Waals surface area contributed by atoms with Crippen LogP contribution in [0, 0.1) is 11.3 Å². The number of amidine groups is 1. The molecule has 3 N–H and O–H groups in total. The first-order valence-corrected chi connectivity index (χ1v) is 6.93. The van der Waals surface area contributed by atoms with Crippen LogP contribution < -0.4 is 5.73 Å². The molecule has 0 aliphatic heterocycles. The van der Waals surface area contributed by atoms with Crippen molar-refractivity contribution in [2.24, 2.45) is 22.2 Å². The van der Waals surface area contributed by atoms with Crippen molar-refractivity contribution in [3.8, 4) is 0 Å². The molecule has 0 aliphatic carbocycles. The van der Waals surface area contributed by atoms with Crippen LogP contribution in [0.3, 0.4) is 0 Å². The van der Waals surface area contributed by atoms with Gasteiger partial charge >= 0.3 is 0 Å². The van der Waals surface area contributed by atoms with Crippen LogP contribution >= 0.6 is 0 Å². The molecule has 0 unspecified atom stereocenters. The minimum absolute atomic E-state index is 0.319. The fraction of sp³-hybridized carbons (Fsp3) is 0.929. The Kier molecular flexibility index (Phi) is 8.00. The normalized spacial score (nSPS) is 13.6. The first-order chi connectivity index (χ1) is 8.24. The number of nitrogens with two attached hydrogens (primary N) is 1. The molecular weight excluding hydrogens is 226 g/mol. The lowest BCUT2D eigenvalue weighted by Crippen LogP contribution is -2.32. The van der Waals surface area contributed by atoms with Gasteiger partial charge in [0.1, 0.15) is 5.84 Å².